The highest BCUT2D eigenvalue weighted by atomic mass is 127. The van der Waals surface area contributed by atoms with Crippen LogP contribution in [0, 0.1) is 10.5 Å². The van der Waals surface area contributed by atoms with Crippen LogP contribution in [0.5, 0.6) is 0 Å². The summed E-state index contributed by atoms with van der Waals surface area (Å²) in [5, 5.41) is 0. The number of methoxy groups -OCH3 is 1. The van der Waals surface area contributed by atoms with E-state index in [1.807, 2.05) is 6.92 Å². The van der Waals surface area contributed by atoms with Crippen LogP contribution in [0.15, 0.2) is 0 Å². The molecule has 0 saturated heterocycles. The minimum Gasteiger partial charge on any atom is -0.383 e. The third-order valence-electron chi connectivity index (χ3n) is 3.75. The second-order valence-corrected chi connectivity index (χ2v) is 6.02. The van der Waals surface area contributed by atoms with Gasteiger partial charge in [-0.1, -0.05) is 25.7 Å². The molecule has 1 fully saturated rings. The molecule has 0 unspecified atom stereocenters. The van der Waals surface area contributed by atoms with E-state index in [1.165, 1.54) is 25.7 Å². The van der Waals surface area contributed by atoms with E-state index in [-0.39, 0.29) is 5.60 Å². The predicted octanol–water partition coefficient (Wildman–Crippen LogP) is 3.17. The number of anilines is 1. The Hall–Kier alpha value is -0.430. The molecule has 1 aliphatic carbocycles. The molecule has 0 spiro atoms. The fraction of sp³-hybridized carbons (Fsp3) is 0.692. The Morgan fingerprint density at radius 3 is 2.28 bits per heavy atom. The average molecular weight is 361 g/mol. The van der Waals surface area contributed by atoms with Crippen molar-refractivity contribution in [2.24, 2.45) is 0 Å². The summed E-state index contributed by atoms with van der Waals surface area (Å²) in [6.45, 7) is 1.98. The van der Waals surface area contributed by atoms with Gasteiger partial charge in [-0.25, -0.2) is 9.97 Å². The number of nitrogens with two attached hydrogens (primary N) is 1. The lowest BCUT2D eigenvalue weighted by atomic mass is 9.93. The minimum atomic E-state index is -0.334. The summed E-state index contributed by atoms with van der Waals surface area (Å²) in [4.78, 5) is 9.09. The molecule has 18 heavy (non-hydrogen) atoms. The molecule has 100 valence electrons. The maximum absolute atomic E-state index is 5.97. The highest BCUT2D eigenvalue weighted by molar-refractivity contribution is 14.1. The summed E-state index contributed by atoms with van der Waals surface area (Å²) < 4.78 is 6.75. The van der Waals surface area contributed by atoms with Gasteiger partial charge in [-0.05, 0) is 42.4 Å². The average Bonchev–Trinajstić information content (AvgIpc) is 2.61. The van der Waals surface area contributed by atoms with Crippen LogP contribution in [0.4, 0.5) is 5.82 Å². The Morgan fingerprint density at radius 1 is 1.17 bits per heavy atom. The summed E-state index contributed by atoms with van der Waals surface area (Å²) >= 11 is 2.19. The van der Waals surface area contributed by atoms with E-state index in [4.69, 9.17) is 10.5 Å². The first-order chi connectivity index (χ1) is 8.59. The van der Waals surface area contributed by atoms with Crippen LogP contribution in [0.3, 0.4) is 0 Å². The van der Waals surface area contributed by atoms with Crippen LogP contribution in [0.25, 0.3) is 0 Å². The van der Waals surface area contributed by atoms with Gasteiger partial charge in [-0.2, -0.15) is 0 Å². The first-order valence-electron chi connectivity index (χ1n) is 6.44. The van der Waals surface area contributed by atoms with E-state index in [1.54, 1.807) is 7.11 Å². The first kappa shape index (κ1) is 14.0. The largest absolute Gasteiger partial charge is 0.383 e. The molecule has 1 aromatic rings. The Labute approximate surface area is 122 Å². The lowest BCUT2D eigenvalue weighted by Gasteiger charge is -2.30. The number of hydrogen-bond donors (Lipinski definition) is 1. The van der Waals surface area contributed by atoms with Crippen molar-refractivity contribution in [3.05, 3.63) is 15.1 Å². The number of rotatable bonds is 2. The van der Waals surface area contributed by atoms with Crippen molar-refractivity contribution in [1.82, 2.24) is 9.97 Å². The molecule has 2 N–H and O–H groups in total. The van der Waals surface area contributed by atoms with Crippen molar-refractivity contribution in [3.8, 4) is 0 Å². The molecule has 1 saturated carbocycles. The Bertz CT molecular complexity index is 405. The van der Waals surface area contributed by atoms with E-state index in [2.05, 4.69) is 32.6 Å². The van der Waals surface area contributed by atoms with Crippen molar-refractivity contribution in [1.29, 1.82) is 0 Å². The van der Waals surface area contributed by atoms with Crippen molar-refractivity contribution in [2.45, 2.75) is 51.0 Å². The molecule has 4 nitrogen and oxygen atoms in total. The van der Waals surface area contributed by atoms with Crippen molar-refractivity contribution in [2.75, 3.05) is 12.8 Å². The van der Waals surface area contributed by atoms with Gasteiger partial charge >= 0.3 is 0 Å². The number of ether oxygens (including phenoxy) is 1. The monoisotopic (exact) mass is 361 g/mol. The smallest absolute Gasteiger partial charge is 0.162 e. The zero-order chi connectivity index (χ0) is 13.2. The van der Waals surface area contributed by atoms with Crippen molar-refractivity contribution < 1.29 is 4.74 Å². The number of nitrogens with zero attached hydrogens (tertiary/aromatic N) is 2. The molecule has 1 heterocycles. The number of aromatic nitrogens is 2. The number of halogens is 1. The maximum atomic E-state index is 5.97. The summed E-state index contributed by atoms with van der Waals surface area (Å²) in [6.07, 6.45) is 6.85. The number of aryl methyl sites for hydroxylation is 1. The Balaban J connectivity index is 2.43. The van der Waals surface area contributed by atoms with E-state index in [0.29, 0.717) is 5.82 Å². The van der Waals surface area contributed by atoms with Gasteiger partial charge in [0.15, 0.2) is 5.82 Å². The van der Waals surface area contributed by atoms with Gasteiger partial charge < -0.3 is 10.5 Å². The SMILES string of the molecule is COC1(c2nc(C)c(I)c(N)n2)CCCCCC1. The maximum Gasteiger partial charge on any atom is 0.162 e. The molecule has 0 bridgehead atoms. The highest BCUT2D eigenvalue weighted by Crippen LogP contribution is 2.38. The molecular formula is C13H20IN3O. The van der Waals surface area contributed by atoms with Crippen LogP contribution in [-0.2, 0) is 10.3 Å². The Kier molecular flexibility index (Phi) is 4.42. The van der Waals surface area contributed by atoms with Crippen LogP contribution >= 0.6 is 22.6 Å². The molecular weight excluding hydrogens is 341 g/mol. The zero-order valence-corrected chi connectivity index (χ0v) is 13.2. The summed E-state index contributed by atoms with van der Waals surface area (Å²) in [5.41, 5.74) is 6.58. The third kappa shape index (κ3) is 2.61. The summed E-state index contributed by atoms with van der Waals surface area (Å²) in [6, 6.07) is 0. The quantitative estimate of drug-likeness (QED) is 0.649. The van der Waals surface area contributed by atoms with E-state index < -0.39 is 0 Å². The van der Waals surface area contributed by atoms with Crippen LogP contribution in [-0.4, -0.2) is 17.1 Å². The summed E-state index contributed by atoms with van der Waals surface area (Å²) in [7, 11) is 1.76. The standard InChI is InChI=1S/C13H20IN3O/c1-9-10(14)11(15)17-12(16-9)13(18-2)7-5-3-4-6-8-13/h3-8H2,1-2H3,(H2,15,16,17). The van der Waals surface area contributed by atoms with Crippen LogP contribution in [0.1, 0.15) is 50.0 Å². The third-order valence-corrected chi connectivity index (χ3v) is 5.09. The molecule has 1 aliphatic rings. The Morgan fingerprint density at radius 2 is 1.78 bits per heavy atom. The van der Waals surface area contributed by atoms with E-state index >= 15 is 0 Å². The second kappa shape index (κ2) is 5.69. The highest BCUT2D eigenvalue weighted by Gasteiger charge is 2.36. The summed E-state index contributed by atoms with van der Waals surface area (Å²) in [5.74, 6) is 1.33. The van der Waals surface area contributed by atoms with Crippen molar-refractivity contribution in [3.63, 3.8) is 0 Å². The lowest BCUT2D eigenvalue weighted by molar-refractivity contribution is -0.0351. The van der Waals surface area contributed by atoms with E-state index in [0.717, 1.165) is 27.9 Å². The molecule has 5 heteroatoms. The van der Waals surface area contributed by atoms with Crippen LogP contribution < -0.4 is 5.73 Å². The van der Waals surface area contributed by atoms with E-state index in [9.17, 15) is 0 Å². The topological polar surface area (TPSA) is 61.0 Å². The van der Waals surface area contributed by atoms with Gasteiger partial charge in [0.2, 0.25) is 0 Å². The second-order valence-electron chi connectivity index (χ2n) is 4.94. The molecule has 0 atom stereocenters. The minimum absolute atomic E-state index is 0.334. The first-order valence-corrected chi connectivity index (χ1v) is 7.52. The molecule has 0 aromatic carbocycles. The van der Waals surface area contributed by atoms with Gasteiger partial charge in [0.1, 0.15) is 11.4 Å². The van der Waals surface area contributed by atoms with Gasteiger partial charge in [-0.15, -0.1) is 0 Å². The molecule has 0 radical (unpaired) electrons. The predicted molar refractivity (Wildman–Crippen MR) is 80.3 cm³/mol. The fourth-order valence-corrected chi connectivity index (χ4v) is 2.85. The molecule has 0 aliphatic heterocycles. The number of nitrogen functional groups attached to an aromatic ring is 1. The van der Waals surface area contributed by atoms with Gasteiger partial charge in [0.25, 0.3) is 0 Å². The zero-order valence-electron chi connectivity index (χ0n) is 11.0. The normalized spacial score (nSPS) is 19.5. The number of hydrogen-bond acceptors (Lipinski definition) is 4. The van der Waals surface area contributed by atoms with Crippen LogP contribution in [0.2, 0.25) is 0 Å². The molecule has 0 amide bonds. The van der Waals surface area contributed by atoms with Gasteiger partial charge in [0.05, 0.1) is 9.26 Å². The van der Waals surface area contributed by atoms with Crippen molar-refractivity contribution >= 4 is 28.4 Å². The van der Waals surface area contributed by atoms with Gasteiger partial charge in [-0.3, -0.25) is 0 Å². The fourth-order valence-electron chi connectivity index (χ4n) is 2.60. The van der Waals surface area contributed by atoms with Gasteiger partial charge in [0, 0.05) is 7.11 Å². The molecule has 1 aromatic heterocycles. The lowest BCUT2D eigenvalue weighted by Crippen LogP contribution is -2.31. The molecule has 2 rings (SSSR count).